The molecule has 0 unspecified atom stereocenters. The SMILES string of the molecule is NC(=O)c1ccc([S+]=O)cn1. The molecular formula is C6H5N2O2S+. The van der Waals surface area contributed by atoms with Gasteiger partial charge in [0, 0.05) is 10.3 Å². The molecule has 1 amide bonds. The molecule has 0 aromatic carbocycles. The van der Waals surface area contributed by atoms with Crippen molar-refractivity contribution < 1.29 is 9.00 Å². The number of pyridine rings is 1. The number of primary amides is 1. The zero-order chi connectivity index (χ0) is 8.27. The fraction of sp³-hybridized carbons (Fsp3) is 0. The molecule has 0 fully saturated rings. The van der Waals surface area contributed by atoms with E-state index in [2.05, 4.69) is 4.98 Å². The van der Waals surface area contributed by atoms with Crippen LogP contribution in [0, 0.1) is 0 Å². The molecule has 0 saturated carbocycles. The Kier molecular flexibility index (Phi) is 2.22. The number of aromatic nitrogens is 1. The van der Waals surface area contributed by atoms with Crippen LogP contribution < -0.4 is 5.73 Å². The second kappa shape index (κ2) is 3.16. The Morgan fingerprint density at radius 3 is 2.64 bits per heavy atom. The minimum absolute atomic E-state index is 0.169. The molecule has 1 aromatic heterocycles. The Labute approximate surface area is 66.9 Å². The first-order valence-electron chi connectivity index (χ1n) is 2.79. The predicted molar refractivity (Wildman–Crippen MR) is 39.1 cm³/mol. The molecule has 0 atom stereocenters. The third-order valence-corrected chi connectivity index (χ3v) is 1.52. The van der Waals surface area contributed by atoms with Crippen molar-refractivity contribution in [2.75, 3.05) is 0 Å². The molecule has 5 heteroatoms. The van der Waals surface area contributed by atoms with E-state index < -0.39 is 5.91 Å². The van der Waals surface area contributed by atoms with Crippen molar-refractivity contribution in [2.24, 2.45) is 5.73 Å². The van der Waals surface area contributed by atoms with Crippen LogP contribution in [-0.4, -0.2) is 10.9 Å². The molecule has 11 heavy (non-hydrogen) atoms. The van der Waals surface area contributed by atoms with Gasteiger partial charge in [0.15, 0.2) is 0 Å². The highest BCUT2D eigenvalue weighted by Crippen LogP contribution is 1.98. The van der Waals surface area contributed by atoms with E-state index in [1.807, 2.05) is 0 Å². The standard InChI is InChI=1S/C6H4N2O2S/c7-6(9)5-2-1-4(11-10)3-8-5/h1-3H,(H-,7,9)/p+1. The van der Waals surface area contributed by atoms with Crippen LogP contribution in [-0.2, 0) is 15.9 Å². The predicted octanol–water partition coefficient (Wildman–Crippen LogP) is -0.0325. The van der Waals surface area contributed by atoms with E-state index in [9.17, 15) is 9.00 Å². The van der Waals surface area contributed by atoms with Gasteiger partial charge in [0.1, 0.15) is 5.69 Å². The lowest BCUT2D eigenvalue weighted by Crippen LogP contribution is -2.12. The second-order valence-corrected chi connectivity index (χ2v) is 2.46. The van der Waals surface area contributed by atoms with Crippen LogP contribution >= 0.6 is 0 Å². The minimum atomic E-state index is -0.590. The van der Waals surface area contributed by atoms with E-state index in [1.165, 1.54) is 18.3 Å². The number of amides is 1. The van der Waals surface area contributed by atoms with Crippen molar-refractivity contribution in [3.8, 4) is 0 Å². The van der Waals surface area contributed by atoms with Gasteiger partial charge in [-0.1, -0.05) is 0 Å². The van der Waals surface area contributed by atoms with Crippen molar-refractivity contribution in [2.45, 2.75) is 4.90 Å². The summed E-state index contributed by atoms with van der Waals surface area (Å²) in [5.74, 6) is -0.590. The summed E-state index contributed by atoms with van der Waals surface area (Å²) < 4.78 is 10.2. The maximum absolute atomic E-state index is 10.5. The van der Waals surface area contributed by atoms with E-state index in [-0.39, 0.29) is 5.69 Å². The van der Waals surface area contributed by atoms with Crippen LogP contribution in [0.2, 0.25) is 0 Å². The zero-order valence-corrected chi connectivity index (χ0v) is 6.30. The third-order valence-electron chi connectivity index (χ3n) is 1.09. The van der Waals surface area contributed by atoms with E-state index in [4.69, 9.17) is 5.73 Å². The topological polar surface area (TPSA) is 73.1 Å². The van der Waals surface area contributed by atoms with Crippen LogP contribution in [0.25, 0.3) is 0 Å². The lowest BCUT2D eigenvalue weighted by Gasteiger charge is -1.88. The molecule has 0 bridgehead atoms. The highest BCUT2D eigenvalue weighted by Gasteiger charge is 2.07. The molecule has 0 aliphatic carbocycles. The summed E-state index contributed by atoms with van der Waals surface area (Å²) >= 11 is 0.325. The van der Waals surface area contributed by atoms with Crippen LogP contribution in [0.15, 0.2) is 23.2 Å². The summed E-state index contributed by atoms with van der Waals surface area (Å²) in [7, 11) is 0. The van der Waals surface area contributed by atoms with Crippen molar-refractivity contribution in [1.29, 1.82) is 0 Å². The Morgan fingerprint density at radius 2 is 2.27 bits per heavy atom. The molecule has 0 spiro atoms. The number of carbonyl (C=O) groups excluding carboxylic acids is 1. The minimum Gasteiger partial charge on any atom is -0.364 e. The average molecular weight is 169 g/mol. The monoisotopic (exact) mass is 169 g/mol. The molecule has 0 radical (unpaired) electrons. The molecule has 0 saturated heterocycles. The fourth-order valence-corrected chi connectivity index (χ4v) is 0.795. The van der Waals surface area contributed by atoms with E-state index in [0.29, 0.717) is 16.6 Å². The number of hydrogen-bond acceptors (Lipinski definition) is 3. The Hall–Kier alpha value is -1.36. The van der Waals surface area contributed by atoms with Crippen molar-refractivity contribution >= 4 is 17.6 Å². The van der Waals surface area contributed by atoms with Gasteiger partial charge >= 0.3 is 16.6 Å². The maximum atomic E-state index is 10.5. The maximum Gasteiger partial charge on any atom is 0.506 e. The van der Waals surface area contributed by atoms with Crippen LogP contribution in [0.3, 0.4) is 0 Å². The molecule has 56 valence electrons. The van der Waals surface area contributed by atoms with Gasteiger partial charge in [-0.25, -0.2) is 4.98 Å². The summed E-state index contributed by atoms with van der Waals surface area (Å²) in [6, 6.07) is 2.92. The fourth-order valence-electron chi connectivity index (χ4n) is 0.575. The van der Waals surface area contributed by atoms with E-state index in [0.717, 1.165) is 0 Å². The average Bonchev–Trinajstić information content (AvgIpc) is 2.05. The summed E-state index contributed by atoms with van der Waals surface area (Å²) in [6.45, 7) is 0. The number of nitrogens with two attached hydrogens (primary N) is 1. The molecular weight excluding hydrogens is 164 g/mol. The number of rotatable bonds is 2. The lowest BCUT2D eigenvalue weighted by molar-refractivity contribution is 0.0995. The molecule has 4 nitrogen and oxygen atoms in total. The van der Waals surface area contributed by atoms with Crippen LogP contribution in [0.1, 0.15) is 10.5 Å². The first kappa shape index (κ1) is 7.74. The van der Waals surface area contributed by atoms with Gasteiger partial charge in [-0.3, -0.25) is 4.79 Å². The molecule has 2 N–H and O–H groups in total. The van der Waals surface area contributed by atoms with Crippen molar-refractivity contribution in [3.05, 3.63) is 24.0 Å². The largest absolute Gasteiger partial charge is 0.506 e. The van der Waals surface area contributed by atoms with E-state index >= 15 is 0 Å². The summed E-state index contributed by atoms with van der Waals surface area (Å²) in [4.78, 5) is 14.6. The van der Waals surface area contributed by atoms with Crippen molar-refractivity contribution in [3.63, 3.8) is 0 Å². The van der Waals surface area contributed by atoms with E-state index in [1.54, 1.807) is 0 Å². The van der Waals surface area contributed by atoms with Gasteiger partial charge in [0.2, 0.25) is 0 Å². The number of carbonyl (C=O) groups is 1. The number of hydrogen-bond donors (Lipinski definition) is 1. The first-order valence-corrected chi connectivity index (χ1v) is 3.54. The lowest BCUT2D eigenvalue weighted by atomic mass is 10.3. The van der Waals surface area contributed by atoms with Gasteiger partial charge in [0.05, 0.1) is 6.20 Å². The summed E-state index contributed by atoms with van der Waals surface area (Å²) in [5, 5.41) is 0. The van der Waals surface area contributed by atoms with Gasteiger partial charge in [-0.05, 0) is 6.07 Å². The molecule has 1 rings (SSSR count). The highest BCUT2D eigenvalue weighted by atomic mass is 32.1. The van der Waals surface area contributed by atoms with Gasteiger partial charge < -0.3 is 5.73 Å². The smallest absolute Gasteiger partial charge is 0.364 e. The second-order valence-electron chi connectivity index (χ2n) is 1.83. The van der Waals surface area contributed by atoms with Gasteiger partial charge in [-0.2, -0.15) is 0 Å². The van der Waals surface area contributed by atoms with Crippen molar-refractivity contribution in [1.82, 2.24) is 4.98 Å². The number of nitrogens with zero attached hydrogens (tertiary/aromatic N) is 1. The van der Waals surface area contributed by atoms with Gasteiger partial charge in [0.25, 0.3) is 5.91 Å². The third kappa shape index (κ3) is 1.78. The Bertz CT molecular complexity index is 283. The highest BCUT2D eigenvalue weighted by molar-refractivity contribution is 7.65. The Balaban J connectivity index is 3.00. The molecule has 1 heterocycles. The quantitative estimate of drug-likeness (QED) is 0.632. The molecule has 0 aliphatic heterocycles. The van der Waals surface area contributed by atoms with Crippen LogP contribution in [0.4, 0.5) is 0 Å². The zero-order valence-electron chi connectivity index (χ0n) is 5.48. The molecule has 1 aromatic rings. The first-order chi connectivity index (χ1) is 5.24. The summed E-state index contributed by atoms with van der Waals surface area (Å²) in [5.41, 5.74) is 5.09. The van der Waals surface area contributed by atoms with Gasteiger partial charge in [-0.15, -0.1) is 0 Å². The Morgan fingerprint density at radius 1 is 1.55 bits per heavy atom. The summed E-state index contributed by atoms with van der Waals surface area (Å²) in [6.07, 6.45) is 1.32. The molecule has 0 aliphatic rings. The normalized spacial score (nSPS) is 9.09. The van der Waals surface area contributed by atoms with Crippen LogP contribution in [0.5, 0.6) is 0 Å².